The Hall–Kier alpha value is -1.40. The Morgan fingerprint density at radius 1 is 1.35 bits per heavy atom. The van der Waals surface area contributed by atoms with Crippen LogP contribution in [0.3, 0.4) is 0 Å². The molecule has 23 heavy (non-hydrogen) atoms. The van der Waals surface area contributed by atoms with Gasteiger partial charge >= 0.3 is 0 Å². The first-order valence-corrected chi connectivity index (χ1v) is 8.74. The first-order valence-electron chi connectivity index (χ1n) is 7.94. The van der Waals surface area contributed by atoms with Crippen molar-refractivity contribution in [2.75, 3.05) is 6.54 Å². The predicted octanol–water partition coefficient (Wildman–Crippen LogP) is 2.04. The molecule has 0 unspecified atom stereocenters. The van der Waals surface area contributed by atoms with Crippen molar-refractivity contribution in [3.63, 3.8) is 0 Å². The number of carbonyl (C=O) groups excluding carboxylic acids is 2. The fourth-order valence-electron chi connectivity index (χ4n) is 2.70. The summed E-state index contributed by atoms with van der Waals surface area (Å²) in [5, 5.41) is 5.69. The molecule has 2 amide bonds. The van der Waals surface area contributed by atoms with Gasteiger partial charge in [0.05, 0.1) is 18.1 Å². The summed E-state index contributed by atoms with van der Waals surface area (Å²) in [5.74, 6) is -0.438. The molecule has 1 aliphatic carbocycles. The molecule has 1 fully saturated rings. The Kier molecular flexibility index (Phi) is 5.81. The fraction of sp³-hybridized carbons (Fsp3) is 0.529. The maximum absolute atomic E-state index is 12.2. The first kappa shape index (κ1) is 17.9. The average Bonchev–Trinajstić information content (AvgIpc) is 2.47. The van der Waals surface area contributed by atoms with Crippen molar-refractivity contribution in [3.8, 4) is 0 Å². The minimum absolute atomic E-state index is 0.0395. The van der Waals surface area contributed by atoms with Crippen molar-refractivity contribution in [3.05, 3.63) is 34.3 Å². The summed E-state index contributed by atoms with van der Waals surface area (Å²) in [4.78, 5) is 24.1. The third-order valence-electron chi connectivity index (χ3n) is 4.41. The normalized spacial score (nSPS) is 17.3. The van der Waals surface area contributed by atoms with Crippen molar-refractivity contribution in [2.45, 2.75) is 44.7 Å². The summed E-state index contributed by atoms with van der Waals surface area (Å²) in [6.07, 6.45) is 2.90. The van der Waals surface area contributed by atoms with Crippen LogP contribution in [-0.2, 0) is 15.1 Å². The van der Waals surface area contributed by atoms with E-state index < -0.39 is 6.04 Å². The summed E-state index contributed by atoms with van der Waals surface area (Å²) in [5.41, 5.74) is 6.55. The number of nitrogens with two attached hydrogens (primary N) is 1. The van der Waals surface area contributed by atoms with Crippen molar-refractivity contribution in [1.82, 2.24) is 10.6 Å². The number of amides is 2. The second kappa shape index (κ2) is 7.45. The van der Waals surface area contributed by atoms with Gasteiger partial charge in [0, 0.05) is 4.47 Å². The smallest absolute Gasteiger partial charge is 0.240 e. The van der Waals surface area contributed by atoms with Crippen LogP contribution in [0, 0.1) is 5.92 Å². The van der Waals surface area contributed by atoms with Gasteiger partial charge < -0.3 is 16.4 Å². The van der Waals surface area contributed by atoms with Crippen molar-refractivity contribution >= 4 is 27.7 Å². The van der Waals surface area contributed by atoms with Gasteiger partial charge in [-0.15, -0.1) is 0 Å². The van der Waals surface area contributed by atoms with Gasteiger partial charge in [0.2, 0.25) is 11.8 Å². The molecule has 1 aliphatic rings. The Balaban J connectivity index is 1.94. The van der Waals surface area contributed by atoms with Gasteiger partial charge in [0.1, 0.15) is 0 Å². The third kappa shape index (κ3) is 4.32. The number of hydrogen-bond acceptors (Lipinski definition) is 3. The van der Waals surface area contributed by atoms with Crippen molar-refractivity contribution in [1.29, 1.82) is 0 Å². The van der Waals surface area contributed by atoms with Gasteiger partial charge in [-0.05, 0) is 42.9 Å². The van der Waals surface area contributed by atoms with E-state index in [-0.39, 0.29) is 29.8 Å². The maximum atomic E-state index is 12.2. The largest absolute Gasteiger partial charge is 0.346 e. The van der Waals surface area contributed by atoms with E-state index in [1.54, 1.807) is 0 Å². The van der Waals surface area contributed by atoms with E-state index in [9.17, 15) is 9.59 Å². The number of nitrogens with one attached hydrogen (secondary N) is 2. The molecule has 0 aromatic heterocycles. The highest BCUT2D eigenvalue weighted by molar-refractivity contribution is 9.10. The minimum Gasteiger partial charge on any atom is -0.346 e. The lowest BCUT2D eigenvalue weighted by atomic mass is 9.72. The number of rotatable bonds is 6. The summed E-state index contributed by atoms with van der Waals surface area (Å²) in [6.45, 7) is 3.71. The average molecular weight is 382 g/mol. The zero-order chi connectivity index (χ0) is 17.0. The minimum atomic E-state index is -0.592. The van der Waals surface area contributed by atoms with Crippen LogP contribution in [0.5, 0.6) is 0 Å². The van der Waals surface area contributed by atoms with E-state index in [1.165, 1.54) is 0 Å². The van der Waals surface area contributed by atoms with Crippen LogP contribution in [0.2, 0.25) is 0 Å². The monoisotopic (exact) mass is 381 g/mol. The lowest BCUT2D eigenvalue weighted by Gasteiger charge is -2.43. The van der Waals surface area contributed by atoms with Crippen LogP contribution < -0.4 is 16.4 Å². The molecule has 5 nitrogen and oxygen atoms in total. The van der Waals surface area contributed by atoms with Gasteiger partial charge in [-0.25, -0.2) is 0 Å². The molecule has 0 spiro atoms. The Bertz CT molecular complexity index is 585. The lowest BCUT2D eigenvalue weighted by Crippen LogP contribution is -2.54. The quantitative estimate of drug-likeness (QED) is 0.704. The summed E-state index contributed by atoms with van der Waals surface area (Å²) in [6, 6.07) is 7.40. The molecule has 1 saturated carbocycles. The van der Waals surface area contributed by atoms with E-state index in [0.29, 0.717) is 0 Å². The number of halogens is 1. The zero-order valence-electron chi connectivity index (χ0n) is 13.6. The van der Waals surface area contributed by atoms with Gasteiger partial charge in [-0.3, -0.25) is 9.59 Å². The highest BCUT2D eigenvalue weighted by atomic mass is 79.9. The van der Waals surface area contributed by atoms with Crippen LogP contribution in [0.4, 0.5) is 0 Å². The summed E-state index contributed by atoms with van der Waals surface area (Å²) in [7, 11) is 0. The third-order valence-corrected chi connectivity index (χ3v) is 4.90. The molecule has 0 radical (unpaired) electrons. The second-order valence-corrected chi connectivity index (χ2v) is 7.40. The molecular formula is C17H24BrN3O2. The number of benzene rings is 1. The van der Waals surface area contributed by atoms with Gasteiger partial charge in [0.25, 0.3) is 0 Å². The molecule has 1 atom stereocenters. The van der Waals surface area contributed by atoms with E-state index >= 15 is 0 Å². The number of hydrogen-bond donors (Lipinski definition) is 3. The Morgan fingerprint density at radius 3 is 2.57 bits per heavy atom. The Morgan fingerprint density at radius 2 is 2.04 bits per heavy atom. The van der Waals surface area contributed by atoms with Crippen LogP contribution in [0.1, 0.15) is 38.7 Å². The van der Waals surface area contributed by atoms with E-state index in [0.717, 1.165) is 29.3 Å². The molecule has 0 aliphatic heterocycles. The van der Waals surface area contributed by atoms with E-state index in [1.807, 2.05) is 38.1 Å². The first-order chi connectivity index (χ1) is 10.8. The van der Waals surface area contributed by atoms with Gasteiger partial charge in [-0.2, -0.15) is 0 Å². The molecule has 0 saturated heterocycles. The maximum Gasteiger partial charge on any atom is 0.240 e. The van der Waals surface area contributed by atoms with Crippen LogP contribution in [0.15, 0.2) is 28.7 Å². The van der Waals surface area contributed by atoms with Crippen LogP contribution in [0.25, 0.3) is 0 Å². The highest BCUT2D eigenvalue weighted by Gasteiger charge is 2.40. The summed E-state index contributed by atoms with van der Waals surface area (Å²) < 4.78 is 0.992. The van der Waals surface area contributed by atoms with Gasteiger partial charge in [0.15, 0.2) is 0 Å². The molecule has 1 aromatic carbocycles. The second-order valence-electron chi connectivity index (χ2n) is 6.48. The topological polar surface area (TPSA) is 84.2 Å². The molecule has 0 heterocycles. The molecule has 1 aromatic rings. The van der Waals surface area contributed by atoms with E-state index in [2.05, 4.69) is 26.6 Å². The molecule has 126 valence electrons. The highest BCUT2D eigenvalue weighted by Crippen LogP contribution is 2.41. The lowest BCUT2D eigenvalue weighted by molar-refractivity contribution is -0.128. The molecule has 0 bridgehead atoms. The Labute approximate surface area is 145 Å². The molecule has 4 N–H and O–H groups in total. The van der Waals surface area contributed by atoms with E-state index in [4.69, 9.17) is 5.73 Å². The predicted molar refractivity (Wildman–Crippen MR) is 93.6 cm³/mol. The van der Waals surface area contributed by atoms with Gasteiger partial charge in [-0.1, -0.05) is 41.9 Å². The van der Waals surface area contributed by atoms with Crippen LogP contribution in [-0.4, -0.2) is 24.4 Å². The summed E-state index contributed by atoms with van der Waals surface area (Å²) >= 11 is 3.47. The fourth-order valence-corrected chi connectivity index (χ4v) is 3.10. The molecular weight excluding hydrogens is 358 g/mol. The SMILES string of the molecule is CC(C)[C@H](N)C(=O)NCC(=O)NC1(c2cccc(Br)c2)CCC1. The molecule has 6 heteroatoms. The number of carbonyl (C=O) groups is 2. The van der Waals surface area contributed by atoms with Crippen molar-refractivity contribution in [2.24, 2.45) is 11.7 Å². The molecule has 2 rings (SSSR count). The zero-order valence-corrected chi connectivity index (χ0v) is 15.2. The van der Waals surface area contributed by atoms with Crippen molar-refractivity contribution < 1.29 is 9.59 Å². The van der Waals surface area contributed by atoms with Crippen LogP contribution >= 0.6 is 15.9 Å². The standard InChI is InChI=1S/C17H24BrN3O2/c1-11(2)15(19)16(23)20-10-14(22)21-17(7-4-8-17)12-5-3-6-13(18)9-12/h3,5-6,9,11,15H,4,7-8,10,19H2,1-2H3,(H,20,23)(H,21,22)/t15-/m0/s1.